The second-order valence-corrected chi connectivity index (χ2v) is 7.85. The third kappa shape index (κ3) is 4.35. The molecule has 0 spiro atoms. The number of furan rings is 1. The molecule has 3 aromatic carbocycles. The van der Waals surface area contributed by atoms with Gasteiger partial charge in [-0.3, -0.25) is 4.79 Å². The van der Waals surface area contributed by atoms with Gasteiger partial charge in [0.25, 0.3) is 5.91 Å². The van der Waals surface area contributed by atoms with Gasteiger partial charge in [-0.05, 0) is 30.3 Å². The lowest BCUT2D eigenvalue weighted by Gasteiger charge is -2.09. The number of rotatable bonds is 6. The zero-order chi connectivity index (χ0) is 22.7. The first kappa shape index (κ1) is 21.9. The van der Waals surface area contributed by atoms with Gasteiger partial charge in [-0.1, -0.05) is 66.5 Å². The summed E-state index contributed by atoms with van der Waals surface area (Å²) in [5.74, 6) is -0.183. The van der Waals surface area contributed by atoms with Crippen LogP contribution in [-0.4, -0.2) is 11.9 Å². The summed E-state index contributed by atoms with van der Waals surface area (Å²) < 4.78 is 11.6. The molecule has 0 aliphatic carbocycles. The van der Waals surface area contributed by atoms with E-state index >= 15 is 0 Å². The van der Waals surface area contributed by atoms with Crippen molar-refractivity contribution >= 4 is 51.7 Å². The molecule has 0 bridgehead atoms. The summed E-state index contributed by atoms with van der Waals surface area (Å²) in [5.41, 5.74) is 2.39. The predicted molar refractivity (Wildman–Crippen MR) is 126 cm³/mol. The zero-order valence-electron chi connectivity index (χ0n) is 17.2. The van der Waals surface area contributed by atoms with Crippen molar-refractivity contribution in [3.05, 3.63) is 99.2 Å². The first-order valence-electron chi connectivity index (χ1n) is 10.0. The van der Waals surface area contributed by atoms with Crippen molar-refractivity contribution in [1.29, 1.82) is 0 Å². The number of carbonyl (C=O) groups is 2. The third-order valence-corrected chi connectivity index (χ3v) is 5.65. The van der Waals surface area contributed by atoms with E-state index in [-0.39, 0.29) is 22.2 Å². The smallest absolute Gasteiger partial charge is 0.338 e. The molecule has 162 valence electrons. The Morgan fingerprint density at radius 3 is 2.31 bits per heavy atom. The lowest BCUT2D eigenvalue weighted by atomic mass is 10.1. The number of hydrogen-bond acceptors (Lipinski definition) is 4. The lowest BCUT2D eigenvalue weighted by Crippen LogP contribution is -2.13. The second kappa shape index (κ2) is 9.47. The number of fused-ring (bicyclic) bond motifs is 1. The quantitative estimate of drug-likeness (QED) is 0.312. The molecule has 1 aromatic heterocycles. The van der Waals surface area contributed by atoms with Gasteiger partial charge in [0.05, 0.1) is 26.9 Å². The molecule has 4 aromatic rings. The van der Waals surface area contributed by atoms with E-state index in [2.05, 4.69) is 5.32 Å². The van der Waals surface area contributed by atoms with Crippen LogP contribution < -0.4 is 5.32 Å². The summed E-state index contributed by atoms with van der Waals surface area (Å²) in [7, 11) is 0. The van der Waals surface area contributed by atoms with Gasteiger partial charge in [-0.2, -0.15) is 0 Å². The van der Waals surface area contributed by atoms with Crippen LogP contribution >= 0.6 is 23.2 Å². The number of benzene rings is 3. The van der Waals surface area contributed by atoms with Crippen molar-refractivity contribution in [3.8, 4) is 0 Å². The minimum absolute atomic E-state index is 0.0532. The van der Waals surface area contributed by atoms with Crippen LogP contribution in [0, 0.1) is 0 Å². The van der Waals surface area contributed by atoms with Crippen LogP contribution in [0.5, 0.6) is 0 Å². The average Bonchev–Trinajstić information content (AvgIpc) is 3.16. The molecular formula is C25H19Cl2NO4. The van der Waals surface area contributed by atoms with Crippen molar-refractivity contribution in [3.63, 3.8) is 0 Å². The Morgan fingerprint density at radius 2 is 1.62 bits per heavy atom. The van der Waals surface area contributed by atoms with Crippen molar-refractivity contribution in [2.24, 2.45) is 0 Å². The molecule has 7 heteroatoms. The Balaban J connectivity index is 1.63. The topological polar surface area (TPSA) is 68.5 Å². The number of aryl methyl sites for hydroxylation is 1. The van der Waals surface area contributed by atoms with E-state index in [9.17, 15) is 9.59 Å². The molecule has 1 amide bonds. The molecule has 0 saturated carbocycles. The number of amides is 1. The standard InChI is InChI=1S/C25H19Cl2NO4/c1-2-21-17(14-31-25(30)15-8-4-3-5-9-15)16-10-6-13-20(23(16)32-21)28-24(29)22-18(26)11-7-12-19(22)27/h3-13H,2,14H2,1H3,(H,28,29). The second-order valence-electron chi connectivity index (χ2n) is 7.03. The number of anilines is 1. The van der Waals surface area contributed by atoms with Crippen molar-refractivity contribution in [2.45, 2.75) is 20.0 Å². The summed E-state index contributed by atoms with van der Waals surface area (Å²) in [6.07, 6.45) is 0.594. The van der Waals surface area contributed by atoms with Crippen molar-refractivity contribution in [2.75, 3.05) is 5.32 Å². The zero-order valence-corrected chi connectivity index (χ0v) is 18.7. The molecule has 0 unspecified atom stereocenters. The maximum Gasteiger partial charge on any atom is 0.338 e. The molecule has 0 aliphatic rings. The Bertz CT molecular complexity index is 1280. The summed E-state index contributed by atoms with van der Waals surface area (Å²) >= 11 is 12.3. The summed E-state index contributed by atoms with van der Waals surface area (Å²) in [6.45, 7) is 2.00. The maximum atomic E-state index is 12.8. The SMILES string of the molecule is CCc1oc2c(NC(=O)c3c(Cl)cccc3Cl)cccc2c1COC(=O)c1ccccc1. The van der Waals surface area contributed by atoms with Crippen molar-refractivity contribution in [1.82, 2.24) is 0 Å². The van der Waals surface area contributed by atoms with Crippen LogP contribution in [0.15, 0.2) is 71.1 Å². The van der Waals surface area contributed by atoms with Gasteiger partial charge in [0.15, 0.2) is 5.58 Å². The van der Waals surface area contributed by atoms with Gasteiger partial charge in [-0.25, -0.2) is 4.79 Å². The highest BCUT2D eigenvalue weighted by molar-refractivity contribution is 6.40. The Morgan fingerprint density at radius 1 is 0.938 bits per heavy atom. The van der Waals surface area contributed by atoms with E-state index in [0.29, 0.717) is 29.0 Å². The lowest BCUT2D eigenvalue weighted by molar-refractivity contribution is 0.0472. The van der Waals surface area contributed by atoms with Gasteiger partial charge in [0.2, 0.25) is 0 Å². The van der Waals surface area contributed by atoms with Crippen LogP contribution in [0.25, 0.3) is 11.0 Å². The Hall–Kier alpha value is -3.28. The van der Waals surface area contributed by atoms with E-state index in [4.69, 9.17) is 32.4 Å². The number of nitrogens with one attached hydrogen (secondary N) is 1. The van der Waals surface area contributed by atoms with Crippen molar-refractivity contribution < 1.29 is 18.7 Å². The van der Waals surface area contributed by atoms with Crippen LogP contribution in [0.3, 0.4) is 0 Å². The van der Waals surface area contributed by atoms with Crippen LogP contribution in [-0.2, 0) is 17.8 Å². The molecule has 0 saturated heterocycles. The molecular weight excluding hydrogens is 449 g/mol. The highest BCUT2D eigenvalue weighted by Crippen LogP contribution is 2.33. The monoisotopic (exact) mass is 467 g/mol. The molecule has 0 fully saturated rings. The molecule has 1 heterocycles. The molecule has 32 heavy (non-hydrogen) atoms. The third-order valence-electron chi connectivity index (χ3n) is 5.02. The predicted octanol–water partition coefficient (Wildman–Crippen LogP) is 6.91. The number of esters is 1. The number of ether oxygens (including phenoxy) is 1. The number of para-hydroxylation sites is 1. The number of hydrogen-bond donors (Lipinski definition) is 1. The largest absolute Gasteiger partial charge is 0.458 e. The molecule has 0 atom stereocenters. The molecule has 5 nitrogen and oxygen atoms in total. The normalized spacial score (nSPS) is 10.8. The molecule has 4 rings (SSSR count). The van der Waals surface area contributed by atoms with Crippen LogP contribution in [0.2, 0.25) is 10.0 Å². The highest BCUT2D eigenvalue weighted by atomic mass is 35.5. The molecule has 1 N–H and O–H groups in total. The van der Waals surface area contributed by atoms with Gasteiger partial charge in [0, 0.05) is 17.4 Å². The number of halogens is 2. The fraction of sp³-hybridized carbons (Fsp3) is 0.120. The molecule has 0 aliphatic heterocycles. The summed E-state index contributed by atoms with van der Waals surface area (Å²) in [6, 6.07) is 19.1. The minimum atomic E-state index is -0.445. The van der Waals surface area contributed by atoms with E-state index in [1.807, 2.05) is 19.1 Å². The van der Waals surface area contributed by atoms with Gasteiger partial charge in [-0.15, -0.1) is 0 Å². The highest BCUT2D eigenvalue weighted by Gasteiger charge is 2.20. The van der Waals surface area contributed by atoms with Crippen LogP contribution in [0.4, 0.5) is 5.69 Å². The molecule has 0 radical (unpaired) electrons. The average molecular weight is 468 g/mol. The van der Waals surface area contributed by atoms with E-state index in [1.165, 1.54) is 0 Å². The van der Waals surface area contributed by atoms with E-state index in [1.54, 1.807) is 54.6 Å². The van der Waals surface area contributed by atoms with Gasteiger partial charge in [0.1, 0.15) is 12.4 Å². The van der Waals surface area contributed by atoms with Gasteiger partial charge >= 0.3 is 5.97 Å². The van der Waals surface area contributed by atoms with Crippen LogP contribution in [0.1, 0.15) is 39.0 Å². The Labute approximate surface area is 194 Å². The maximum absolute atomic E-state index is 12.8. The minimum Gasteiger partial charge on any atom is -0.458 e. The first-order chi connectivity index (χ1) is 15.5. The fourth-order valence-electron chi connectivity index (χ4n) is 3.46. The summed E-state index contributed by atoms with van der Waals surface area (Å²) in [5, 5.41) is 4.09. The Kier molecular flexibility index (Phi) is 6.49. The summed E-state index contributed by atoms with van der Waals surface area (Å²) in [4.78, 5) is 25.2. The van der Waals surface area contributed by atoms with E-state index < -0.39 is 11.9 Å². The van der Waals surface area contributed by atoms with Gasteiger partial charge < -0.3 is 14.5 Å². The first-order valence-corrected chi connectivity index (χ1v) is 10.8. The number of carbonyl (C=O) groups excluding carboxylic acids is 2. The fourth-order valence-corrected chi connectivity index (χ4v) is 4.03. The van der Waals surface area contributed by atoms with E-state index in [0.717, 1.165) is 10.9 Å².